The molecule has 0 radical (unpaired) electrons. The first-order valence-corrected chi connectivity index (χ1v) is 11.9. The average molecular weight is 402 g/mol. The van der Waals surface area contributed by atoms with Crippen LogP contribution in [-0.2, 0) is 9.53 Å². The summed E-state index contributed by atoms with van der Waals surface area (Å²) in [6.07, 6.45) is 22.6. The van der Waals surface area contributed by atoms with Gasteiger partial charge >= 0.3 is 5.97 Å². The number of carbonyl (C=O) groups excluding carboxylic acids is 1. The SMILES string of the molecule is CCCCCCCC/C=C\CCCCCCCCOC(=O)[C@@H](N)c1ccccc1. The highest BCUT2D eigenvalue weighted by molar-refractivity contribution is 5.77. The summed E-state index contributed by atoms with van der Waals surface area (Å²) in [7, 11) is 0. The van der Waals surface area contributed by atoms with Crippen molar-refractivity contribution in [3.63, 3.8) is 0 Å². The molecule has 164 valence electrons. The Morgan fingerprint density at radius 2 is 1.34 bits per heavy atom. The fourth-order valence-electron chi connectivity index (χ4n) is 3.41. The summed E-state index contributed by atoms with van der Waals surface area (Å²) in [5, 5.41) is 0. The van der Waals surface area contributed by atoms with E-state index in [4.69, 9.17) is 10.5 Å². The lowest BCUT2D eigenvalue weighted by molar-refractivity contribution is -0.145. The Kier molecular flexibility index (Phi) is 16.2. The van der Waals surface area contributed by atoms with E-state index in [0.29, 0.717) is 6.61 Å². The van der Waals surface area contributed by atoms with Crippen LogP contribution in [0.4, 0.5) is 0 Å². The monoisotopic (exact) mass is 401 g/mol. The molecule has 3 heteroatoms. The van der Waals surface area contributed by atoms with Gasteiger partial charge in [0.1, 0.15) is 6.04 Å². The smallest absolute Gasteiger partial charge is 0.327 e. The fraction of sp³-hybridized carbons (Fsp3) is 0.654. The molecule has 0 bridgehead atoms. The highest BCUT2D eigenvalue weighted by atomic mass is 16.5. The average Bonchev–Trinajstić information content (AvgIpc) is 2.75. The van der Waals surface area contributed by atoms with Crippen LogP contribution in [0, 0.1) is 0 Å². The molecule has 0 amide bonds. The summed E-state index contributed by atoms with van der Waals surface area (Å²) in [5.41, 5.74) is 6.73. The van der Waals surface area contributed by atoms with Crippen LogP contribution in [0.5, 0.6) is 0 Å². The molecular formula is C26H43NO2. The van der Waals surface area contributed by atoms with E-state index in [-0.39, 0.29) is 5.97 Å². The lowest BCUT2D eigenvalue weighted by Gasteiger charge is -2.11. The topological polar surface area (TPSA) is 52.3 Å². The Balaban J connectivity index is 1.85. The zero-order valence-electron chi connectivity index (χ0n) is 18.6. The van der Waals surface area contributed by atoms with E-state index in [1.165, 1.54) is 77.0 Å². The highest BCUT2D eigenvalue weighted by Crippen LogP contribution is 2.13. The third kappa shape index (κ3) is 14.1. The predicted octanol–water partition coefficient (Wildman–Crippen LogP) is 7.27. The van der Waals surface area contributed by atoms with Crippen LogP contribution in [-0.4, -0.2) is 12.6 Å². The Morgan fingerprint density at radius 3 is 1.93 bits per heavy atom. The van der Waals surface area contributed by atoms with Gasteiger partial charge in [-0.3, -0.25) is 0 Å². The highest BCUT2D eigenvalue weighted by Gasteiger charge is 2.16. The second-order valence-corrected chi connectivity index (χ2v) is 7.99. The predicted molar refractivity (Wildman–Crippen MR) is 124 cm³/mol. The summed E-state index contributed by atoms with van der Waals surface area (Å²) in [6, 6.07) is 8.71. The fourth-order valence-corrected chi connectivity index (χ4v) is 3.41. The molecule has 2 N–H and O–H groups in total. The van der Waals surface area contributed by atoms with Gasteiger partial charge < -0.3 is 10.5 Å². The standard InChI is InChI=1S/C26H43NO2/c1-2-3-4-5-6-7-8-9-10-11-12-13-14-15-16-20-23-29-26(28)25(27)24-21-18-17-19-22-24/h9-10,17-19,21-22,25H,2-8,11-16,20,23,27H2,1H3/b10-9-/t25-/m0/s1. The molecule has 1 aromatic rings. The summed E-state index contributed by atoms with van der Waals surface area (Å²) in [4.78, 5) is 12.0. The molecule has 0 aliphatic carbocycles. The molecule has 0 aliphatic heterocycles. The van der Waals surface area contributed by atoms with Crippen LogP contribution in [0.25, 0.3) is 0 Å². The molecule has 1 rings (SSSR count). The number of unbranched alkanes of at least 4 members (excludes halogenated alkanes) is 12. The third-order valence-electron chi connectivity index (χ3n) is 5.31. The van der Waals surface area contributed by atoms with E-state index >= 15 is 0 Å². The number of hydrogen-bond donors (Lipinski definition) is 1. The molecule has 1 atom stereocenters. The number of ether oxygens (including phenoxy) is 1. The van der Waals surface area contributed by atoms with Crippen LogP contribution in [0.15, 0.2) is 42.5 Å². The minimum absolute atomic E-state index is 0.330. The summed E-state index contributed by atoms with van der Waals surface area (Å²) < 4.78 is 5.30. The van der Waals surface area contributed by atoms with Crippen molar-refractivity contribution in [2.75, 3.05) is 6.61 Å². The van der Waals surface area contributed by atoms with Gasteiger partial charge in [0.2, 0.25) is 0 Å². The first-order valence-electron chi connectivity index (χ1n) is 11.9. The van der Waals surface area contributed by atoms with Crippen LogP contribution >= 0.6 is 0 Å². The molecule has 0 spiro atoms. The third-order valence-corrected chi connectivity index (χ3v) is 5.31. The van der Waals surface area contributed by atoms with E-state index in [9.17, 15) is 4.79 Å². The van der Waals surface area contributed by atoms with E-state index in [0.717, 1.165) is 18.4 Å². The van der Waals surface area contributed by atoms with Gasteiger partial charge in [-0.05, 0) is 37.7 Å². The van der Waals surface area contributed by atoms with Gasteiger partial charge in [0.15, 0.2) is 0 Å². The van der Waals surface area contributed by atoms with Crippen molar-refractivity contribution in [1.82, 2.24) is 0 Å². The van der Waals surface area contributed by atoms with Gasteiger partial charge in [-0.2, -0.15) is 0 Å². The van der Waals surface area contributed by atoms with E-state index in [1.807, 2.05) is 30.3 Å². The zero-order chi connectivity index (χ0) is 21.0. The Hall–Kier alpha value is -1.61. The number of carbonyl (C=O) groups is 1. The number of benzene rings is 1. The van der Waals surface area contributed by atoms with Crippen molar-refractivity contribution in [3.05, 3.63) is 48.0 Å². The summed E-state index contributed by atoms with van der Waals surface area (Å²) in [5.74, 6) is -0.330. The Morgan fingerprint density at radius 1 is 0.828 bits per heavy atom. The molecule has 1 aromatic carbocycles. The maximum atomic E-state index is 12.0. The number of allylic oxidation sites excluding steroid dienone is 2. The van der Waals surface area contributed by atoms with Crippen molar-refractivity contribution in [2.24, 2.45) is 5.73 Å². The maximum absolute atomic E-state index is 12.0. The summed E-state index contributed by atoms with van der Waals surface area (Å²) in [6.45, 7) is 2.74. The molecule has 0 saturated heterocycles. The minimum Gasteiger partial charge on any atom is -0.464 e. The van der Waals surface area contributed by atoms with Crippen LogP contribution in [0.1, 0.15) is 108 Å². The van der Waals surface area contributed by atoms with E-state index in [2.05, 4.69) is 19.1 Å². The van der Waals surface area contributed by atoms with Gasteiger partial charge in [0, 0.05) is 0 Å². The number of rotatable bonds is 18. The van der Waals surface area contributed by atoms with Gasteiger partial charge in [-0.1, -0.05) is 107 Å². The van der Waals surface area contributed by atoms with Crippen molar-refractivity contribution >= 4 is 5.97 Å². The number of nitrogens with two attached hydrogens (primary N) is 1. The molecular weight excluding hydrogens is 358 g/mol. The van der Waals surface area contributed by atoms with Gasteiger partial charge in [0.25, 0.3) is 0 Å². The number of hydrogen-bond acceptors (Lipinski definition) is 3. The minimum atomic E-state index is -0.676. The van der Waals surface area contributed by atoms with Crippen LogP contribution in [0.3, 0.4) is 0 Å². The van der Waals surface area contributed by atoms with Crippen LogP contribution in [0.2, 0.25) is 0 Å². The molecule has 0 aliphatic rings. The quantitative estimate of drug-likeness (QED) is 0.160. The van der Waals surface area contributed by atoms with Crippen LogP contribution < -0.4 is 5.73 Å². The Labute approximate surface area is 179 Å². The van der Waals surface area contributed by atoms with Crippen molar-refractivity contribution in [2.45, 2.75) is 103 Å². The molecule has 0 unspecified atom stereocenters. The van der Waals surface area contributed by atoms with Gasteiger partial charge in [-0.25, -0.2) is 4.79 Å². The van der Waals surface area contributed by atoms with Gasteiger partial charge in [-0.15, -0.1) is 0 Å². The zero-order valence-corrected chi connectivity index (χ0v) is 18.6. The maximum Gasteiger partial charge on any atom is 0.327 e. The molecule has 0 aromatic heterocycles. The Bertz CT molecular complexity index is 527. The summed E-state index contributed by atoms with van der Waals surface area (Å²) >= 11 is 0. The van der Waals surface area contributed by atoms with Crippen molar-refractivity contribution < 1.29 is 9.53 Å². The van der Waals surface area contributed by atoms with E-state index < -0.39 is 6.04 Å². The molecule has 0 fully saturated rings. The van der Waals surface area contributed by atoms with Crippen molar-refractivity contribution in [1.29, 1.82) is 0 Å². The first kappa shape index (κ1) is 25.4. The second kappa shape index (κ2) is 18.4. The lowest BCUT2D eigenvalue weighted by Crippen LogP contribution is -2.24. The molecule has 29 heavy (non-hydrogen) atoms. The lowest BCUT2D eigenvalue weighted by atomic mass is 10.1. The normalized spacial score (nSPS) is 12.3. The van der Waals surface area contributed by atoms with Gasteiger partial charge in [0.05, 0.1) is 6.61 Å². The molecule has 3 nitrogen and oxygen atoms in total. The van der Waals surface area contributed by atoms with E-state index in [1.54, 1.807) is 0 Å². The first-order chi connectivity index (χ1) is 14.3. The molecule has 0 heterocycles. The largest absolute Gasteiger partial charge is 0.464 e. The second-order valence-electron chi connectivity index (χ2n) is 7.99. The number of esters is 1. The molecule has 0 saturated carbocycles. The van der Waals surface area contributed by atoms with Crippen molar-refractivity contribution in [3.8, 4) is 0 Å².